The Kier molecular flexibility index (Phi) is 7.80. The lowest BCUT2D eigenvalue weighted by molar-refractivity contribution is -0.142. The van der Waals surface area contributed by atoms with Gasteiger partial charge in [-0.3, -0.25) is 9.59 Å². The Morgan fingerprint density at radius 3 is 2.29 bits per heavy atom. The van der Waals surface area contributed by atoms with Crippen LogP contribution in [-0.2, 0) is 27.4 Å². The zero-order valence-electron chi connectivity index (χ0n) is 19.9. The van der Waals surface area contributed by atoms with Crippen LogP contribution in [0.2, 0.25) is 0 Å². The Morgan fingerprint density at radius 1 is 0.941 bits per heavy atom. The summed E-state index contributed by atoms with van der Waals surface area (Å²) in [5.41, 5.74) is 2.21. The normalized spacial score (nSPS) is 16.8. The Morgan fingerprint density at radius 2 is 1.65 bits per heavy atom. The zero-order chi connectivity index (χ0) is 23.9. The van der Waals surface area contributed by atoms with Gasteiger partial charge in [-0.2, -0.15) is 0 Å². The van der Waals surface area contributed by atoms with E-state index in [1.54, 1.807) is 16.9 Å². The van der Waals surface area contributed by atoms with Gasteiger partial charge >= 0.3 is 0 Å². The van der Waals surface area contributed by atoms with Crippen LogP contribution in [0.25, 0.3) is 0 Å². The number of methoxy groups -OCH3 is 1. The fraction of sp³-hybridized carbons (Fsp3) is 0.357. The molecular weight excluding hydrogens is 428 g/mol. The van der Waals surface area contributed by atoms with Crippen molar-refractivity contribution in [1.29, 1.82) is 0 Å². The minimum absolute atomic E-state index is 0.0206. The summed E-state index contributed by atoms with van der Waals surface area (Å²) in [6, 6.07) is 23.8. The lowest BCUT2D eigenvalue weighted by atomic mass is 10.1. The predicted molar refractivity (Wildman–Crippen MR) is 130 cm³/mol. The first-order chi connectivity index (χ1) is 16.5. The molecule has 1 fully saturated rings. The van der Waals surface area contributed by atoms with Crippen molar-refractivity contribution in [3.8, 4) is 0 Å². The second-order valence-electron chi connectivity index (χ2n) is 8.86. The maximum atomic E-state index is 13.5. The van der Waals surface area contributed by atoms with Crippen molar-refractivity contribution in [1.82, 2.24) is 9.80 Å². The van der Waals surface area contributed by atoms with E-state index < -0.39 is 0 Å². The predicted octanol–water partition coefficient (Wildman–Crippen LogP) is 4.40. The summed E-state index contributed by atoms with van der Waals surface area (Å²) in [7, 11) is 1.61. The molecule has 2 atom stereocenters. The van der Waals surface area contributed by atoms with Crippen LogP contribution in [0.15, 0.2) is 77.2 Å². The van der Waals surface area contributed by atoms with Gasteiger partial charge in [0.1, 0.15) is 11.5 Å². The van der Waals surface area contributed by atoms with Gasteiger partial charge in [0.2, 0.25) is 11.8 Å². The quantitative estimate of drug-likeness (QED) is 0.426. The summed E-state index contributed by atoms with van der Waals surface area (Å²) in [5.74, 6) is 1.58. The highest BCUT2D eigenvalue weighted by Crippen LogP contribution is 2.48. The van der Waals surface area contributed by atoms with Crippen molar-refractivity contribution in [2.75, 3.05) is 26.8 Å². The largest absolute Gasteiger partial charge is 0.464 e. The number of benzene rings is 2. The average molecular weight is 461 g/mol. The third kappa shape index (κ3) is 6.14. The maximum absolute atomic E-state index is 13.5. The zero-order valence-corrected chi connectivity index (χ0v) is 19.9. The molecule has 1 heterocycles. The van der Waals surface area contributed by atoms with Gasteiger partial charge in [-0.15, -0.1) is 0 Å². The maximum Gasteiger partial charge on any atom is 0.242 e. The van der Waals surface area contributed by atoms with Crippen molar-refractivity contribution in [3.63, 3.8) is 0 Å². The molecule has 1 saturated carbocycles. The molecule has 1 aliphatic rings. The van der Waals surface area contributed by atoms with Crippen molar-refractivity contribution in [2.24, 2.45) is 5.92 Å². The number of aryl methyl sites for hydroxylation is 1. The van der Waals surface area contributed by atoms with E-state index in [1.165, 1.54) is 5.56 Å². The van der Waals surface area contributed by atoms with Gasteiger partial charge in [-0.1, -0.05) is 60.7 Å². The molecule has 2 aromatic carbocycles. The third-order valence-corrected chi connectivity index (χ3v) is 6.25. The molecule has 0 saturated heterocycles. The van der Waals surface area contributed by atoms with Gasteiger partial charge in [-0.05, 0) is 42.5 Å². The SMILES string of the molecule is COCCN(CC(=O)N(Cc1ccccc1)Cc1ccc(C)o1)C(=O)C1CC1c1ccccc1. The monoisotopic (exact) mass is 460 g/mol. The summed E-state index contributed by atoms with van der Waals surface area (Å²) in [4.78, 5) is 30.2. The van der Waals surface area contributed by atoms with E-state index >= 15 is 0 Å². The van der Waals surface area contributed by atoms with Gasteiger partial charge in [0.25, 0.3) is 0 Å². The van der Waals surface area contributed by atoms with Gasteiger partial charge in [0.05, 0.1) is 19.7 Å². The van der Waals surface area contributed by atoms with Crippen molar-refractivity contribution in [3.05, 3.63) is 95.4 Å². The van der Waals surface area contributed by atoms with Crippen LogP contribution in [0, 0.1) is 12.8 Å². The smallest absolute Gasteiger partial charge is 0.242 e. The molecule has 2 unspecified atom stereocenters. The average Bonchev–Trinajstić information content (AvgIpc) is 3.56. The molecular formula is C28H32N2O4. The van der Waals surface area contributed by atoms with Crippen LogP contribution in [-0.4, -0.2) is 48.4 Å². The second kappa shape index (κ2) is 11.2. The first-order valence-corrected chi connectivity index (χ1v) is 11.7. The van der Waals surface area contributed by atoms with E-state index in [0.29, 0.717) is 26.2 Å². The molecule has 6 heteroatoms. The minimum atomic E-state index is -0.112. The summed E-state index contributed by atoms with van der Waals surface area (Å²) in [6.07, 6.45) is 0.819. The first-order valence-electron chi connectivity index (χ1n) is 11.7. The Balaban J connectivity index is 1.47. The number of furan rings is 1. The summed E-state index contributed by atoms with van der Waals surface area (Å²) < 4.78 is 11.0. The molecule has 2 amide bonds. The standard InChI is InChI=1S/C28H32N2O4/c1-21-13-14-24(34-21)19-30(18-22-9-5-3-6-10-22)27(31)20-29(15-16-33-2)28(32)26-17-25(26)23-11-7-4-8-12-23/h3-14,25-26H,15-20H2,1-2H3. The molecule has 6 nitrogen and oxygen atoms in total. The van der Waals surface area contributed by atoms with Crippen molar-refractivity contribution < 1.29 is 18.7 Å². The summed E-state index contributed by atoms with van der Waals surface area (Å²) >= 11 is 0. The highest BCUT2D eigenvalue weighted by atomic mass is 16.5. The van der Waals surface area contributed by atoms with Crippen LogP contribution in [0.3, 0.4) is 0 Å². The second-order valence-corrected chi connectivity index (χ2v) is 8.86. The molecule has 0 aliphatic heterocycles. The van der Waals surface area contributed by atoms with Crippen LogP contribution in [0.4, 0.5) is 0 Å². The highest BCUT2D eigenvalue weighted by Gasteiger charge is 2.46. The molecule has 178 valence electrons. The number of hydrogen-bond acceptors (Lipinski definition) is 4. The highest BCUT2D eigenvalue weighted by molar-refractivity contribution is 5.88. The molecule has 1 aliphatic carbocycles. The number of amides is 2. The van der Waals surface area contributed by atoms with E-state index in [1.807, 2.05) is 67.6 Å². The molecule has 4 rings (SSSR count). The Hall–Kier alpha value is -3.38. The first kappa shape index (κ1) is 23.8. The topological polar surface area (TPSA) is 63.0 Å². The number of carbonyl (C=O) groups is 2. The third-order valence-electron chi connectivity index (χ3n) is 6.25. The Labute approximate surface area is 201 Å². The number of carbonyl (C=O) groups excluding carboxylic acids is 2. The van der Waals surface area contributed by atoms with E-state index in [9.17, 15) is 9.59 Å². The van der Waals surface area contributed by atoms with Gasteiger partial charge < -0.3 is 19.0 Å². The van der Waals surface area contributed by atoms with Crippen molar-refractivity contribution >= 4 is 11.8 Å². The van der Waals surface area contributed by atoms with Crippen LogP contribution in [0.1, 0.15) is 35.0 Å². The van der Waals surface area contributed by atoms with E-state index in [0.717, 1.165) is 23.5 Å². The van der Waals surface area contributed by atoms with Gasteiger partial charge in [0, 0.05) is 26.1 Å². The van der Waals surface area contributed by atoms with Crippen LogP contribution >= 0.6 is 0 Å². The summed E-state index contributed by atoms with van der Waals surface area (Å²) in [5, 5.41) is 0. The minimum Gasteiger partial charge on any atom is -0.464 e. The molecule has 0 bridgehead atoms. The fourth-order valence-corrected chi connectivity index (χ4v) is 4.30. The van der Waals surface area contributed by atoms with Gasteiger partial charge in [0.15, 0.2) is 0 Å². The number of rotatable bonds is 11. The van der Waals surface area contributed by atoms with E-state index in [4.69, 9.17) is 9.15 Å². The van der Waals surface area contributed by atoms with Gasteiger partial charge in [-0.25, -0.2) is 0 Å². The molecule has 0 radical (unpaired) electrons. The van der Waals surface area contributed by atoms with Crippen molar-refractivity contribution in [2.45, 2.75) is 32.4 Å². The summed E-state index contributed by atoms with van der Waals surface area (Å²) in [6.45, 7) is 3.48. The van der Waals surface area contributed by atoms with E-state index in [2.05, 4.69) is 12.1 Å². The molecule has 1 aromatic heterocycles. The lowest BCUT2D eigenvalue weighted by Crippen LogP contribution is -2.44. The molecule has 34 heavy (non-hydrogen) atoms. The lowest BCUT2D eigenvalue weighted by Gasteiger charge is -2.27. The molecule has 0 N–H and O–H groups in total. The van der Waals surface area contributed by atoms with Crippen LogP contribution in [0.5, 0.6) is 0 Å². The number of hydrogen-bond donors (Lipinski definition) is 0. The van der Waals surface area contributed by atoms with Crippen LogP contribution < -0.4 is 0 Å². The Bertz CT molecular complexity index is 1080. The fourth-order valence-electron chi connectivity index (χ4n) is 4.30. The number of ether oxygens (including phenoxy) is 1. The van der Waals surface area contributed by atoms with E-state index in [-0.39, 0.29) is 30.2 Å². The molecule has 3 aromatic rings. The molecule has 0 spiro atoms. The number of nitrogens with zero attached hydrogens (tertiary/aromatic N) is 2.